The van der Waals surface area contributed by atoms with Crippen molar-refractivity contribution in [2.45, 2.75) is 25.2 Å². The molecular weight excluding hydrogens is 216 g/mol. The highest BCUT2D eigenvalue weighted by Crippen LogP contribution is 2.38. The highest BCUT2D eigenvalue weighted by Gasteiger charge is 2.40. The molecule has 17 heavy (non-hydrogen) atoms. The zero-order valence-corrected chi connectivity index (χ0v) is 10.4. The van der Waals surface area contributed by atoms with Crippen molar-refractivity contribution in [2.24, 2.45) is 0 Å². The molecule has 1 saturated heterocycles. The Bertz CT molecular complexity index is 408. The fourth-order valence-corrected chi connectivity index (χ4v) is 2.17. The van der Waals surface area contributed by atoms with Gasteiger partial charge in [-0.3, -0.25) is 0 Å². The molecule has 0 radical (unpaired) electrons. The standard InChI is InChI=1S/C14H18O3/c1-11(15)6-7-14(9-17-10-14)12-4-3-5-13(8-12)16-2/h3-5,8H,6-7,9-10H2,1-2H3. The first-order chi connectivity index (χ1) is 8.16. The quantitative estimate of drug-likeness (QED) is 0.784. The molecule has 1 fully saturated rings. The van der Waals surface area contributed by atoms with Gasteiger partial charge in [-0.25, -0.2) is 0 Å². The number of benzene rings is 1. The number of hydrogen-bond donors (Lipinski definition) is 0. The van der Waals surface area contributed by atoms with Gasteiger partial charge in [0.15, 0.2) is 0 Å². The lowest BCUT2D eigenvalue weighted by Crippen LogP contribution is -2.46. The van der Waals surface area contributed by atoms with Gasteiger partial charge in [-0.15, -0.1) is 0 Å². The van der Waals surface area contributed by atoms with E-state index in [4.69, 9.17) is 9.47 Å². The third kappa shape index (κ3) is 2.50. The predicted octanol–water partition coefficient (Wildman–Crippen LogP) is 2.33. The smallest absolute Gasteiger partial charge is 0.129 e. The maximum Gasteiger partial charge on any atom is 0.129 e. The zero-order chi connectivity index (χ0) is 12.3. The van der Waals surface area contributed by atoms with Crippen LogP contribution in [0.4, 0.5) is 0 Å². The number of Topliss-reactive ketones (excluding diaryl/α,β-unsaturated/α-hetero) is 1. The molecule has 1 aliphatic heterocycles. The Morgan fingerprint density at radius 3 is 2.76 bits per heavy atom. The van der Waals surface area contributed by atoms with E-state index in [0.29, 0.717) is 19.6 Å². The lowest BCUT2D eigenvalue weighted by Gasteiger charge is -2.42. The summed E-state index contributed by atoms with van der Waals surface area (Å²) in [6, 6.07) is 8.05. The summed E-state index contributed by atoms with van der Waals surface area (Å²) in [5.41, 5.74) is 1.23. The lowest BCUT2D eigenvalue weighted by molar-refractivity contribution is -0.119. The van der Waals surface area contributed by atoms with Crippen molar-refractivity contribution >= 4 is 5.78 Å². The van der Waals surface area contributed by atoms with E-state index < -0.39 is 0 Å². The van der Waals surface area contributed by atoms with Gasteiger partial charge < -0.3 is 14.3 Å². The van der Waals surface area contributed by atoms with Gasteiger partial charge in [0.2, 0.25) is 0 Å². The van der Waals surface area contributed by atoms with Crippen molar-refractivity contribution in [3.8, 4) is 5.75 Å². The number of ether oxygens (including phenoxy) is 2. The molecule has 0 unspecified atom stereocenters. The molecular formula is C14H18O3. The Morgan fingerprint density at radius 1 is 1.47 bits per heavy atom. The normalized spacial score (nSPS) is 17.3. The van der Waals surface area contributed by atoms with E-state index in [1.165, 1.54) is 5.56 Å². The molecule has 0 spiro atoms. The Kier molecular flexibility index (Phi) is 3.48. The van der Waals surface area contributed by atoms with Gasteiger partial charge >= 0.3 is 0 Å². The van der Waals surface area contributed by atoms with Crippen LogP contribution in [0.25, 0.3) is 0 Å². The topological polar surface area (TPSA) is 35.5 Å². The van der Waals surface area contributed by atoms with Crippen molar-refractivity contribution in [3.05, 3.63) is 29.8 Å². The Hall–Kier alpha value is -1.35. The van der Waals surface area contributed by atoms with Crippen LogP contribution in [-0.4, -0.2) is 26.1 Å². The SMILES string of the molecule is COc1cccc(C2(CCC(C)=O)COC2)c1. The first-order valence-corrected chi connectivity index (χ1v) is 5.88. The maximum atomic E-state index is 11.1. The average Bonchev–Trinajstić information content (AvgIpc) is 2.27. The molecule has 1 heterocycles. The lowest BCUT2D eigenvalue weighted by atomic mass is 9.74. The molecule has 1 aromatic rings. The van der Waals surface area contributed by atoms with Crippen molar-refractivity contribution in [1.82, 2.24) is 0 Å². The Balaban J connectivity index is 2.18. The van der Waals surface area contributed by atoms with Crippen molar-refractivity contribution < 1.29 is 14.3 Å². The number of hydrogen-bond acceptors (Lipinski definition) is 3. The zero-order valence-electron chi connectivity index (χ0n) is 10.4. The number of ketones is 1. The maximum absolute atomic E-state index is 11.1. The van der Waals surface area contributed by atoms with Gasteiger partial charge in [0.1, 0.15) is 11.5 Å². The molecule has 2 rings (SSSR count). The first kappa shape index (κ1) is 12.1. The minimum atomic E-state index is 0.0141. The number of methoxy groups -OCH3 is 1. The highest BCUT2D eigenvalue weighted by atomic mass is 16.5. The third-order valence-corrected chi connectivity index (χ3v) is 3.39. The van der Waals surface area contributed by atoms with Gasteiger partial charge in [0.25, 0.3) is 0 Å². The fourth-order valence-electron chi connectivity index (χ4n) is 2.17. The van der Waals surface area contributed by atoms with Crippen LogP contribution in [0.2, 0.25) is 0 Å². The van der Waals surface area contributed by atoms with Crippen LogP contribution in [0.1, 0.15) is 25.3 Å². The second kappa shape index (κ2) is 4.88. The first-order valence-electron chi connectivity index (χ1n) is 5.88. The molecule has 0 saturated carbocycles. The molecule has 0 bridgehead atoms. The molecule has 0 amide bonds. The van der Waals surface area contributed by atoms with E-state index in [0.717, 1.165) is 12.2 Å². The van der Waals surface area contributed by atoms with Crippen LogP contribution in [0.15, 0.2) is 24.3 Å². The summed E-state index contributed by atoms with van der Waals surface area (Å²) in [5, 5.41) is 0. The molecule has 0 N–H and O–H groups in total. The van der Waals surface area contributed by atoms with Crippen LogP contribution < -0.4 is 4.74 Å². The summed E-state index contributed by atoms with van der Waals surface area (Å²) in [7, 11) is 1.67. The predicted molar refractivity (Wildman–Crippen MR) is 65.4 cm³/mol. The summed E-state index contributed by atoms with van der Waals surface area (Å²) >= 11 is 0. The van der Waals surface area contributed by atoms with Crippen molar-refractivity contribution in [1.29, 1.82) is 0 Å². The summed E-state index contributed by atoms with van der Waals surface area (Å²) < 4.78 is 10.6. The van der Waals surface area contributed by atoms with E-state index in [9.17, 15) is 4.79 Å². The second-order valence-corrected chi connectivity index (χ2v) is 4.71. The van der Waals surface area contributed by atoms with Gasteiger partial charge in [0, 0.05) is 11.8 Å². The summed E-state index contributed by atoms with van der Waals surface area (Å²) in [4.78, 5) is 11.1. The van der Waals surface area contributed by atoms with E-state index >= 15 is 0 Å². The van der Waals surface area contributed by atoms with Crippen LogP contribution in [0, 0.1) is 0 Å². The Labute approximate surface area is 102 Å². The van der Waals surface area contributed by atoms with Gasteiger partial charge in [-0.05, 0) is 31.0 Å². The molecule has 0 aliphatic carbocycles. The van der Waals surface area contributed by atoms with E-state index in [2.05, 4.69) is 6.07 Å². The molecule has 3 heteroatoms. The summed E-state index contributed by atoms with van der Waals surface area (Å²) in [6.45, 7) is 3.04. The van der Waals surface area contributed by atoms with Crippen molar-refractivity contribution in [2.75, 3.05) is 20.3 Å². The van der Waals surface area contributed by atoms with Crippen molar-refractivity contribution in [3.63, 3.8) is 0 Å². The van der Waals surface area contributed by atoms with E-state index in [-0.39, 0.29) is 11.2 Å². The van der Waals surface area contributed by atoms with Gasteiger partial charge in [-0.1, -0.05) is 12.1 Å². The molecule has 1 aliphatic rings. The number of carbonyl (C=O) groups is 1. The monoisotopic (exact) mass is 234 g/mol. The van der Waals surface area contributed by atoms with Crippen LogP contribution in [-0.2, 0) is 14.9 Å². The van der Waals surface area contributed by atoms with Crippen LogP contribution >= 0.6 is 0 Å². The fraction of sp³-hybridized carbons (Fsp3) is 0.500. The van der Waals surface area contributed by atoms with Gasteiger partial charge in [-0.2, -0.15) is 0 Å². The number of rotatable bonds is 5. The molecule has 0 atom stereocenters. The molecule has 92 valence electrons. The summed E-state index contributed by atoms with van der Waals surface area (Å²) in [6.07, 6.45) is 1.47. The van der Waals surface area contributed by atoms with Crippen LogP contribution in [0.5, 0.6) is 5.75 Å². The second-order valence-electron chi connectivity index (χ2n) is 4.71. The third-order valence-electron chi connectivity index (χ3n) is 3.39. The largest absolute Gasteiger partial charge is 0.497 e. The molecule has 1 aromatic carbocycles. The summed E-state index contributed by atoms with van der Waals surface area (Å²) in [5.74, 6) is 1.09. The molecule has 0 aromatic heterocycles. The van der Waals surface area contributed by atoms with E-state index in [1.807, 2.05) is 18.2 Å². The van der Waals surface area contributed by atoms with Crippen LogP contribution in [0.3, 0.4) is 0 Å². The minimum absolute atomic E-state index is 0.0141. The average molecular weight is 234 g/mol. The Morgan fingerprint density at radius 2 is 2.24 bits per heavy atom. The van der Waals surface area contributed by atoms with E-state index in [1.54, 1.807) is 14.0 Å². The van der Waals surface area contributed by atoms with Gasteiger partial charge in [0.05, 0.1) is 20.3 Å². The number of carbonyl (C=O) groups excluding carboxylic acids is 1. The minimum Gasteiger partial charge on any atom is -0.497 e. The molecule has 3 nitrogen and oxygen atoms in total. The highest BCUT2D eigenvalue weighted by molar-refractivity contribution is 5.75.